The molecule has 0 spiro atoms. The Kier molecular flexibility index (Phi) is 5.29. The summed E-state index contributed by atoms with van der Waals surface area (Å²) in [7, 11) is 0. The average Bonchev–Trinajstić information content (AvgIpc) is 3.05. The standard InChI is InChI=1S/C19H24N4O2S/c1-19(2)12-23(11-10-15(19)20)17(24)14-8-9-16(26-14)22-18(25)21-13-6-4-3-5-7-13/h3-9,15H,10-12,20H2,1-2H3,(H2,21,22,25). The number of nitrogens with two attached hydrogens (primary N) is 1. The molecular weight excluding hydrogens is 348 g/mol. The summed E-state index contributed by atoms with van der Waals surface area (Å²) < 4.78 is 0. The average molecular weight is 372 g/mol. The molecule has 2 heterocycles. The van der Waals surface area contributed by atoms with Gasteiger partial charge in [0.25, 0.3) is 5.91 Å². The second-order valence-corrected chi connectivity index (χ2v) is 8.30. The lowest BCUT2D eigenvalue weighted by molar-refractivity contribution is 0.0537. The molecule has 3 rings (SSSR count). The Balaban J connectivity index is 1.60. The first-order valence-corrected chi connectivity index (χ1v) is 9.44. The maximum atomic E-state index is 12.8. The van der Waals surface area contributed by atoms with Crippen molar-refractivity contribution in [1.82, 2.24) is 4.90 Å². The maximum Gasteiger partial charge on any atom is 0.324 e. The van der Waals surface area contributed by atoms with E-state index in [4.69, 9.17) is 5.73 Å². The van der Waals surface area contributed by atoms with Crippen LogP contribution < -0.4 is 16.4 Å². The molecule has 1 aromatic carbocycles. The smallest absolute Gasteiger partial charge is 0.324 e. The molecule has 0 bridgehead atoms. The zero-order valence-corrected chi connectivity index (χ0v) is 15.8. The van der Waals surface area contributed by atoms with Crippen LogP contribution in [0.2, 0.25) is 0 Å². The van der Waals surface area contributed by atoms with E-state index in [-0.39, 0.29) is 23.4 Å². The molecule has 1 fully saturated rings. The van der Waals surface area contributed by atoms with Crippen molar-refractivity contribution >= 4 is 34.0 Å². The first-order valence-electron chi connectivity index (χ1n) is 8.63. The van der Waals surface area contributed by atoms with E-state index in [1.807, 2.05) is 35.2 Å². The highest BCUT2D eigenvalue weighted by molar-refractivity contribution is 7.18. The molecule has 26 heavy (non-hydrogen) atoms. The summed E-state index contributed by atoms with van der Waals surface area (Å²) in [4.78, 5) is 27.3. The van der Waals surface area contributed by atoms with Crippen molar-refractivity contribution in [3.05, 3.63) is 47.3 Å². The molecule has 7 heteroatoms. The van der Waals surface area contributed by atoms with Crippen LogP contribution in [0, 0.1) is 5.41 Å². The zero-order chi connectivity index (χ0) is 18.7. The van der Waals surface area contributed by atoms with E-state index in [2.05, 4.69) is 24.5 Å². The van der Waals surface area contributed by atoms with E-state index in [9.17, 15) is 9.59 Å². The number of amides is 3. The predicted octanol–water partition coefficient (Wildman–Crippen LogP) is 3.59. The van der Waals surface area contributed by atoms with Crippen LogP contribution in [0.1, 0.15) is 29.9 Å². The number of likely N-dealkylation sites (tertiary alicyclic amines) is 1. The van der Waals surface area contributed by atoms with Crippen molar-refractivity contribution in [3.63, 3.8) is 0 Å². The number of anilines is 2. The lowest BCUT2D eigenvalue weighted by atomic mass is 9.79. The lowest BCUT2D eigenvalue weighted by Crippen LogP contribution is -2.53. The van der Waals surface area contributed by atoms with Crippen LogP contribution >= 0.6 is 11.3 Å². The summed E-state index contributed by atoms with van der Waals surface area (Å²) in [5.41, 5.74) is 6.76. The minimum Gasteiger partial charge on any atom is -0.337 e. The molecule has 138 valence electrons. The van der Waals surface area contributed by atoms with Crippen LogP contribution in [0.5, 0.6) is 0 Å². The van der Waals surface area contributed by atoms with Gasteiger partial charge in [-0.3, -0.25) is 10.1 Å². The molecule has 1 aliphatic heterocycles. The van der Waals surface area contributed by atoms with Gasteiger partial charge >= 0.3 is 6.03 Å². The molecule has 1 unspecified atom stereocenters. The third-order valence-electron chi connectivity index (χ3n) is 4.68. The third-order valence-corrected chi connectivity index (χ3v) is 5.67. The van der Waals surface area contributed by atoms with Gasteiger partial charge in [0.1, 0.15) is 0 Å². The lowest BCUT2D eigenvalue weighted by Gasteiger charge is -2.42. The quantitative estimate of drug-likeness (QED) is 0.769. The number of carbonyl (C=O) groups excluding carboxylic acids is 2. The first kappa shape index (κ1) is 18.4. The fraction of sp³-hybridized carbons (Fsp3) is 0.368. The normalized spacial score (nSPS) is 19.0. The van der Waals surface area contributed by atoms with Gasteiger partial charge in [-0.2, -0.15) is 0 Å². The minimum absolute atomic E-state index is 0.00788. The molecule has 0 radical (unpaired) electrons. The minimum atomic E-state index is -0.331. The molecule has 1 aliphatic rings. The highest BCUT2D eigenvalue weighted by atomic mass is 32.1. The van der Waals surface area contributed by atoms with Gasteiger partial charge in [-0.25, -0.2) is 4.79 Å². The summed E-state index contributed by atoms with van der Waals surface area (Å²) in [5, 5.41) is 6.16. The SMILES string of the molecule is CC1(C)CN(C(=O)c2ccc(NC(=O)Nc3ccccc3)s2)CCC1N. The summed E-state index contributed by atoms with van der Waals surface area (Å²) >= 11 is 1.28. The van der Waals surface area contributed by atoms with E-state index >= 15 is 0 Å². The van der Waals surface area contributed by atoms with Crippen molar-refractivity contribution in [1.29, 1.82) is 0 Å². The topological polar surface area (TPSA) is 87.5 Å². The number of para-hydroxylation sites is 1. The number of hydrogen-bond acceptors (Lipinski definition) is 4. The molecule has 1 saturated heterocycles. The van der Waals surface area contributed by atoms with E-state index in [1.54, 1.807) is 12.1 Å². The first-order chi connectivity index (χ1) is 12.3. The number of carbonyl (C=O) groups is 2. The largest absolute Gasteiger partial charge is 0.337 e. The van der Waals surface area contributed by atoms with Crippen LogP contribution in [0.25, 0.3) is 0 Å². The molecule has 6 nitrogen and oxygen atoms in total. The van der Waals surface area contributed by atoms with Crippen molar-refractivity contribution in [2.24, 2.45) is 11.1 Å². The van der Waals surface area contributed by atoms with Crippen molar-refractivity contribution in [2.45, 2.75) is 26.3 Å². The van der Waals surface area contributed by atoms with Crippen LogP contribution in [-0.4, -0.2) is 36.0 Å². The van der Waals surface area contributed by atoms with Gasteiger partial charge in [-0.1, -0.05) is 32.0 Å². The fourth-order valence-corrected chi connectivity index (χ4v) is 3.89. The Morgan fingerprint density at radius 3 is 2.58 bits per heavy atom. The Morgan fingerprint density at radius 1 is 1.15 bits per heavy atom. The molecular formula is C19H24N4O2S. The number of rotatable bonds is 3. The number of urea groups is 1. The Hall–Kier alpha value is -2.38. The zero-order valence-electron chi connectivity index (χ0n) is 15.0. The highest BCUT2D eigenvalue weighted by Crippen LogP contribution is 2.30. The molecule has 4 N–H and O–H groups in total. The summed E-state index contributed by atoms with van der Waals surface area (Å²) in [6.07, 6.45) is 0.800. The molecule has 0 saturated carbocycles. The van der Waals surface area contributed by atoms with Gasteiger partial charge < -0.3 is 16.0 Å². The van der Waals surface area contributed by atoms with Crippen molar-refractivity contribution in [2.75, 3.05) is 23.7 Å². The van der Waals surface area contributed by atoms with Crippen molar-refractivity contribution in [3.8, 4) is 0 Å². The van der Waals surface area contributed by atoms with Crippen molar-refractivity contribution < 1.29 is 9.59 Å². The number of piperidine rings is 1. The number of thiophene rings is 1. The maximum absolute atomic E-state index is 12.8. The summed E-state index contributed by atoms with van der Waals surface area (Å²) in [5.74, 6) is -0.00788. The van der Waals surface area contributed by atoms with Gasteiger partial charge in [0.2, 0.25) is 0 Å². The van der Waals surface area contributed by atoms with E-state index in [0.717, 1.165) is 6.42 Å². The third kappa shape index (κ3) is 4.23. The molecule has 3 amide bonds. The van der Waals surface area contributed by atoms with Gasteiger partial charge in [0.15, 0.2) is 0 Å². The summed E-state index contributed by atoms with van der Waals surface area (Å²) in [6, 6.07) is 12.5. The molecule has 0 aliphatic carbocycles. The second kappa shape index (κ2) is 7.47. The van der Waals surface area contributed by atoms with Crippen LogP contribution in [0.4, 0.5) is 15.5 Å². The van der Waals surface area contributed by atoms with Gasteiger partial charge in [-0.15, -0.1) is 11.3 Å². The van der Waals surface area contributed by atoms with Gasteiger partial charge in [-0.05, 0) is 36.1 Å². The predicted molar refractivity (Wildman–Crippen MR) is 106 cm³/mol. The van der Waals surface area contributed by atoms with Crippen LogP contribution in [0.15, 0.2) is 42.5 Å². The van der Waals surface area contributed by atoms with E-state index in [1.165, 1.54) is 11.3 Å². The number of nitrogens with zero attached hydrogens (tertiary/aromatic N) is 1. The molecule has 1 aromatic heterocycles. The Labute approximate surface area is 157 Å². The van der Waals surface area contributed by atoms with Gasteiger partial charge in [0, 0.05) is 24.8 Å². The molecule has 2 aromatic rings. The van der Waals surface area contributed by atoms with E-state index in [0.29, 0.717) is 28.7 Å². The monoisotopic (exact) mass is 372 g/mol. The van der Waals surface area contributed by atoms with Crippen LogP contribution in [-0.2, 0) is 0 Å². The number of hydrogen-bond donors (Lipinski definition) is 3. The fourth-order valence-electron chi connectivity index (χ4n) is 3.02. The number of nitrogens with one attached hydrogen (secondary N) is 2. The van der Waals surface area contributed by atoms with Crippen LogP contribution in [0.3, 0.4) is 0 Å². The molecule has 1 atom stereocenters. The Bertz CT molecular complexity index is 788. The second-order valence-electron chi connectivity index (χ2n) is 7.22. The Morgan fingerprint density at radius 2 is 1.88 bits per heavy atom. The van der Waals surface area contributed by atoms with E-state index < -0.39 is 0 Å². The number of benzene rings is 1. The van der Waals surface area contributed by atoms with Gasteiger partial charge in [0.05, 0.1) is 9.88 Å². The highest BCUT2D eigenvalue weighted by Gasteiger charge is 2.35. The summed E-state index contributed by atoms with van der Waals surface area (Å²) in [6.45, 7) is 5.49.